The molecule has 0 saturated carbocycles. The number of aliphatic imine (C=N–C) groups is 1. The molecule has 0 aliphatic carbocycles. The lowest BCUT2D eigenvalue weighted by Crippen LogP contribution is -2.02. The number of hydrogen-bond donors (Lipinski definition) is 2. The number of ether oxygens (including phenoxy) is 1. The molecule has 1 aromatic heterocycles. The second kappa shape index (κ2) is 6.78. The van der Waals surface area contributed by atoms with Crippen molar-refractivity contribution in [3.8, 4) is 23.3 Å². The van der Waals surface area contributed by atoms with E-state index in [-0.39, 0.29) is 6.01 Å². The third-order valence-corrected chi connectivity index (χ3v) is 3.26. The van der Waals surface area contributed by atoms with E-state index in [9.17, 15) is 0 Å². The van der Waals surface area contributed by atoms with Crippen LogP contribution in [-0.4, -0.2) is 28.6 Å². The van der Waals surface area contributed by atoms with Gasteiger partial charge in [0, 0.05) is 5.56 Å². The van der Waals surface area contributed by atoms with Crippen LogP contribution in [0.1, 0.15) is 5.56 Å². The number of nitrogens with one attached hydrogen (secondary N) is 1. The van der Waals surface area contributed by atoms with Crippen molar-refractivity contribution in [2.75, 3.05) is 7.11 Å². The fourth-order valence-corrected chi connectivity index (χ4v) is 2.08. The number of nitrogens with zero attached hydrogens (tertiary/aromatic N) is 4. The quantitative estimate of drug-likeness (QED) is 0.500. The molecule has 21 heavy (non-hydrogen) atoms. The van der Waals surface area contributed by atoms with E-state index >= 15 is 0 Å². The van der Waals surface area contributed by atoms with Crippen LogP contribution in [0, 0.1) is 11.3 Å². The molecule has 1 aromatic carbocycles. The fraction of sp³-hybridized carbons (Fsp3) is 0.0769. The Morgan fingerprint density at radius 1 is 1.38 bits per heavy atom. The molecule has 0 spiro atoms. The zero-order chi connectivity index (χ0) is 15.2. The smallest absolute Gasteiger partial charge is 0.318 e. The van der Waals surface area contributed by atoms with Gasteiger partial charge in [-0.15, -0.1) is 0 Å². The second-order valence-electron chi connectivity index (χ2n) is 3.77. The molecular weight excluding hydrogens is 338 g/mol. The molecule has 8 heteroatoms. The normalized spacial score (nSPS) is 10.4. The van der Waals surface area contributed by atoms with Gasteiger partial charge in [-0.3, -0.25) is 10.7 Å². The summed E-state index contributed by atoms with van der Waals surface area (Å²) in [5, 5.41) is 17.4. The zero-order valence-corrected chi connectivity index (χ0v) is 12.5. The van der Waals surface area contributed by atoms with Crippen molar-refractivity contribution in [2.45, 2.75) is 0 Å². The summed E-state index contributed by atoms with van der Waals surface area (Å²) in [6.07, 6.45) is 1.08. The molecule has 2 N–H and O–H groups in total. The average Bonchev–Trinajstić information content (AvgIpc) is 2.54. The van der Waals surface area contributed by atoms with E-state index in [1.54, 1.807) is 29.7 Å². The van der Waals surface area contributed by atoms with Crippen molar-refractivity contribution in [2.24, 2.45) is 4.99 Å². The number of aromatic nitrogens is 2. The molecule has 0 bridgehead atoms. The van der Waals surface area contributed by atoms with Crippen LogP contribution in [0.3, 0.4) is 0 Å². The first-order valence-electron chi connectivity index (χ1n) is 5.73. The van der Waals surface area contributed by atoms with Gasteiger partial charge in [-0.25, -0.2) is 4.99 Å². The van der Waals surface area contributed by atoms with Gasteiger partial charge in [0.05, 0.1) is 28.9 Å². The Hall–Kier alpha value is -2.50. The molecule has 0 fully saturated rings. The van der Waals surface area contributed by atoms with Gasteiger partial charge >= 0.3 is 6.01 Å². The van der Waals surface area contributed by atoms with Crippen LogP contribution >= 0.6 is 15.9 Å². The Balaban J connectivity index is 2.55. The van der Waals surface area contributed by atoms with Crippen LogP contribution in [0.2, 0.25) is 0 Å². The minimum atomic E-state index is 0.141. The van der Waals surface area contributed by atoms with Gasteiger partial charge in [-0.2, -0.15) is 15.2 Å². The Morgan fingerprint density at radius 2 is 2.10 bits per heavy atom. The minimum absolute atomic E-state index is 0.141. The number of benzene rings is 1. The first-order chi connectivity index (χ1) is 10.2. The van der Waals surface area contributed by atoms with Gasteiger partial charge in [0.15, 0.2) is 5.82 Å². The maximum absolute atomic E-state index is 8.82. The molecule has 0 radical (unpaired) electrons. The molecule has 0 aliphatic rings. The molecule has 0 unspecified atom stereocenters. The van der Waals surface area contributed by atoms with Crippen LogP contribution in [0.25, 0.3) is 11.3 Å². The van der Waals surface area contributed by atoms with Crippen molar-refractivity contribution in [1.29, 1.82) is 5.26 Å². The Kier molecular flexibility index (Phi) is 4.81. The lowest BCUT2D eigenvalue weighted by atomic mass is 10.1. The number of nitriles is 1. The highest BCUT2D eigenvalue weighted by atomic mass is 79.9. The summed E-state index contributed by atoms with van der Waals surface area (Å²) < 4.78 is 5.59. The van der Waals surface area contributed by atoms with Crippen molar-refractivity contribution >= 4 is 28.1 Å². The highest BCUT2D eigenvalue weighted by Gasteiger charge is 2.14. The van der Waals surface area contributed by atoms with Crippen molar-refractivity contribution in [3.63, 3.8) is 0 Å². The monoisotopic (exact) mass is 347 g/mol. The fourth-order valence-electron chi connectivity index (χ4n) is 1.58. The van der Waals surface area contributed by atoms with Gasteiger partial charge in [-0.1, -0.05) is 12.1 Å². The standard InChI is InChI=1S/C13H10BrN5O2/c1-21-13-18-11(9-4-2-8(6-15)3-5-9)10(14)12(19-13)16-7-17-20/h2-5,7,20H,1H3,(H,16,17,18,19). The Bertz CT molecular complexity index is 710. The van der Waals surface area contributed by atoms with Crippen LogP contribution in [0.15, 0.2) is 33.7 Å². The van der Waals surface area contributed by atoms with Crippen LogP contribution < -0.4 is 10.2 Å². The van der Waals surface area contributed by atoms with Crippen LogP contribution in [0.5, 0.6) is 6.01 Å². The molecule has 0 atom stereocenters. The summed E-state index contributed by atoms with van der Waals surface area (Å²) >= 11 is 3.38. The molecule has 7 nitrogen and oxygen atoms in total. The SMILES string of the molecule is COc1nc(/N=C\NO)c(Br)c(-c2ccc(C#N)cc2)n1. The predicted octanol–water partition coefficient (Wildman–Crippen LogP) is 2.42. The first kappa shape index (κ1) is 14.9. The number of methoxy groups -OCH3 is 1. The van der Waals surface area contributed by atoms with Crippen molar-refractivity contribution < 1.29 is 9.94 Å². The molecular formula is C13H10BrN5O2. The Labute approximate surface area is 129 Å². The topological polar surface area (TPSA) is 103 Å². The van der Waals surface area contributed by atoms with Crippen LogP contribution in [0.4, 0.5) is 5.82 Å². The summed E-state index contributed by atoms with van der Waals surface area (Å²) in [5.41, 5.74) is 3.70. The summed E-state index contributed by atoms with van der Waals surface area (Å²) in [6, 6.07) is 9.11. The maximum Gasteiger partial charge on any atom is 0.318 e. The zero-order valence-electron chi connectivity index (χ0n) is 10.9. The molecule has 1 heterocycles. The van der Waals surface area contributed by atoms with E-state index in [0.717, 1.165) is 11.9 Å². The molecule has 2 aromatic rings. The largest absolute Gasteiger partial charge is 0.467 e. The molecule has 0 amide bonds. The van der Waals surface area contributed by atoms with E-state index in [2.05, 4.69) is 37.0 Å². The van der Waals surface area contributed by atoms with Gasteiger partial charge in [0.2, 0.25) is 0 Å². The average molecular weight is 348 g/mol. The van der Waals surface area contributed by atoms with Gasteiger partial charge < -0.3 is 4.74 Å². The van der Waals surface area contributed by atoms with Crippen LogP contribution in [-0.2, 0) is 0 Å². The number of hydroxylamine groups is 1. The molecule has 0 saturated heterocycles. The lowest BCUT2D eigenvalue weighted by molar-refractivity contribution is 0.240. The summed E-state index contributed by atoms with van der Waals surface area (Å²) in [4.78, 5) is 12.3. The molecule has 2 rings (SSSR count). The third-order valence-electron chi connectivity index (χ3n) is 2.53. The summed E-state index contributed by atoms with van der Waals surface area (Å²) in [6.45, 7) is 0. The van der Waals surface area contributed by atoms with E-state index in [4.69, 9.17) is 15.2 Å². The van der Waals surface area contributed by atoms with E-state index in [0.29, 0.717) is 21.5 Å². The third kappa shape index (κ3) is 3.34. The molecule has 0 aliphatic heterocycles. The van der Waals surface area contributed by atoms with E-state index in [1.165, 1.54) is 7.11 Å². The number of halogens is 1. The summed E-state index contributed by atoms with van der Waals surface area (Å²) in [5.74, 6) is 0.294. The minimum Gasteiger partial charge on any atom is -0.467 e. The van der Waals surface area contributed by atoms with Gasteiger partial charge in [-0.05, 0) is 28.1 Å². The number of hydrogen-bond acceptors (Lipinski definition) is 6. The van der Waals surface area contributed by atoms with Gasteiger partial charge in [0.25, 0.3) is 0 Å². The maximum atomic E-state index is 8.82. The molecule has 106 valence electrons. The van der Waals surface area contributed by atoms with Crippen molar-refractivity contribution in [1.82, 2.24) is 15.4 Å². The Morgan fingerprint density at radius 3 is 2.67 bits per heavy atom. The summed E-state index contributed by atoms with van der Waals surface area (Å²) in [7, 11) is 1.45. The lowest BCUT2D eigenvalue weighted by Gasteiger charge is -2.08. The van der Waals surface area contributed by atoms with E-state index in [1.807, 2.05) is 0 Å². The predicted molar refractivity (Wildman–Crippen MR) is 79.5 cm³/mol. The highest BCUT2D eigenvalue weighted by molar-refractivity contribution is 9.10. The first-order valence-corrected chi connectivity index (χ1v) is 6.53. The second-order valence-corrected chi connectivity index (χ2v) is 4.57. The highest BCUT2D eigenvalue weighted by Crippen LogP contribution is 2.34. The number of rotatable bonds is 4. The van der Waals surface area contributed by atoms with Crippen molar-refractivity contribution in [3.05, 3.63) is 34.3 Å². The van der Waals surface area contributed by atoms with Gasteiger partial charge in [0.1, 0.15) is 6.34 Å². The van der Waals surface area contributed by atoms with E-state index < -0.39 is 0 Å².